The molecular weight excluding hydrogens is 208 g/mol. The summed E-state index contributed by atoms with van der Waals surface area (Å²) in [5.74, 6) is 0.617. The molecule has 1 aromatic carbocycles. The number of ether oxygens (including phenoxy) is 2. The molecule has 0 spiro atoms. The summed E-state index contributed by atoms with van der Waals surface area (Å²) in [7, 11) is 3.12. The Kier molecular flexibility index (Phi) is 4.88. The second kappa shape index (κ2) is 6.19. The second-order valence-electron chi connectivity index (χ2n) is 3.45. The first-order chi connectivity index (χ1) is 7.67. The number of hydrogen-bond donors (Lipinski definition) is 3. The third-order valence-corrected chi connectivity index (χ3v) is 2.13. The van der Waals surface area contributed by atoms with Crippen LogP contribution in [-0.2, 0) is 4.74 Å². The van der Waals surface area contributed by atoms with Crippen molar-refractivity contribution in [3.63, 3.8) is 0 Å². The highest BCUT2D eigenvalue weighted by Gasteiger charge is 2.04. The summed E-state index contributed by atoms with van der Waals surface area (Å²) in [6.07, 6.45) is -0.534. The van der Waals surface area contributed by atoms with E-state index in [1.807, 2.05) is 6.07 Å². The summed E-state index contributed by atoms with van der Waals surface area (Å²) in [5, 5.41) is 12.5. The zero-order valence-electron chi connectivity index (χ0n) is 9.56. The van der Waals surface area contributed by atoms with E-state index >= 15 is 0 Å². The Hall–Kier alpha value is -1.46. The number of aliphatic hydroxyl groups excluding tert-OH is 1. The molecule has 0 saturated heterocycles. The molecule has 0 fully saturated rings. The first kappa shape index (κ1) is 12.6. The van der Waals surface area contributed by atoms with E-state index < -0.39 is 6.10 Å². The molecule has 90 valence electrons. The van der Waals surface area contributed by atoms with Crippen molar-refractivity contribution in [3.8, 4) is 5.75 Å². The standard InChI is InChI=1S/C11H18N2O3/c1-15-7-9(14)6-13-8-3-4-10(12)11(5-8)16-2/h3-5,9,13-14H,6-7,12H2,1-2H3. The fourth-order valence-corrected chi connectivity index (χ4v) is 1.31. The minimum atomic E-state index is -0.534. The smallest absolute Gasteiger partial charge is 0.143 e. The van der Waals surface area contributed by atoms with E-state index in [1.165, 1.54) is 0 Å². The number of aliphatic hydroxyl groups is 1. The van der Waals surface area contributed by atoms with Crippen LogP contribution >= 0.6 is 0 Å². The predicted molar refractivity (Wildman–Crippen MR) is 63.8 cm³/mol. The minimum Gasteiger partial charge on any atom is -0.495 e. The number of rotatable bonds is 6. The molecule has 1 unspecified atom stereocenters. The van der Waals surface area contributed by atoms with Crippen LogP contribution in [0, 0.1) is 0 Å². The van der Waals surface area contributed by atoms with Gasteiger partial charge in [0.25, 0.3) is 0 Å². The number of methoxy groups -OCH3 is 2. The number of nitrogens with two attached hydrogens (primary N) is 1. The fraction of sp³-hybridized carbons (Fsp3) is 0.455. The highest BCUT2D eigenvalue weighted by molar-refractivity contribution is 5.61. The lowest BCUT2D eigenvalue weighted by atomic mass is 10.2. The minimum absolute atomic E-state index is 0.305. The molecule has 0 aliphatic carbocycles. The van der Waals surface area contributed by atoms with E-state index in [2.05, 4.69) is 5.32 Å². The maximum atomic E-state index is 9.45. The average molecular weight is 226 g/mol. The van der Waals surface area contributed by atoms with Crippen LogP contribution in [0.1, 0.15) is 0 Å². The van der Waals surface area contributed by atoms with E-state index in [0.717, 1.165) is 5.69 Å². The number of hydrogen-bond acceptors (Lipinski definition) is 5. The Labute approximate surface area is 95.2 Å². The maximum absolute atomic E-state index is 9.45. The van der Waals surface area contributed by atoms with E-state index in [0.29, 0.717) is 24.6 Å². The first-order valence-corrected chi connectivity index (χ1v) is 5.01. The summed E-state index contributed by atoms with van der Waals surface area (Å²) >= 11 is 0. The molecule has 0 bridgehead atoms. The van der Waals surface area contributed by atoms with Crippen LogP contribution in [0.2, 0.25) is 0 Å². The van der Waals surface area contributed by atoms with Crippen LogP contribution in [0.5, 0.6) is 5.75 Å². The molecule has 4 N–H and O–H groups in total. The predicted octanol–water partition coefficient (Wildman–Crippen LogP) is 0.697. The average Bonchev–Trinajstić information content (AvgIpc) is 2.28. The zero-order valence-corrected chi connectivity index (χ0v) is 9.56. The van der Waals surface area contributed by atoms with Crippen LogP contribution in [0.3, 0.4) is 0 Å². The van der Waals surface area contributed by atoms with Crippen molar-refractivity contribution in [1.82, 2.24) is 0 Å². The van der Waals surface area contributed by atoms with Crippen LogP contribution in [0.15, 0.2) is 18.2 Å². The van der Waals surface area contributed by atoms with Gasteiger partial charge in [-0.3, -0.25) is 0 Å². The van der Waals surface area contributed by atoms with Crippen molar-refractivity contribution in [1.29, 1.82) is 0 Å². The lowest BCUT2D eigenvalue weighted by Gasteiger charge is -2.13. The van der Waals surface area contributed by atoms with Gasteiger partial charge in [-0.2, -0.15) is 0 Å². The molecule has 5 nitrogen and oxygen atoms in total. The molecule has 1 aromatic rings. The van der Waals surface area contributed by atoms with Gasteiger partial charge in [-0.15, -0.1) is 0 Å². The molecule has 0 amide bonds. The molecule has 1 atom stereocenters. The van der Waals surface area contributed by atoms with Gasteiger partial charge in [0.15, 0.2) is 0 Å². The first-order valence-electron chi connectivity index (χ1n) is 5.01. The summed E-state index contributed by atoms with van der Waals surface area (Å²) in [6, 6.07) is 5.37. The Morgan fingerprint density at radius 1 is 1.44 bits per heavy atom. The Bertz CT molecular complexity index is 331. The maximum Gasteiger partial charge on any atom is 0.143 e. The van der Waals surface area contributed by atoms with Crippen LogP contribution in [0.4, 0.5) is 11.4 Å². The highest BCUT2D eigenvalue weighted by Crippen LogP contribution is 2.24. The molecule has 0 radical (unpaired) electrons. The topological polar surface area (TPSA) is 76.7 Å². The molecule has 0 saturated carbocycles. The van der Waals surface area contributed by atoms with Crippen molar-refractivity contribution in [2.24, 2.45) is 0 Å². The van der Waals surface area contributed by atoms with E-state index in [4.69, 9.17) is 15.2 Å². The fourth-order valence-electron chi connectivity index (χ4n) is 1.31. The lowest BCUT2D eigenvalue weighted by molar-refractivity contribution is 0.0727. The molecule has 16 heavy (non-hydrogen) atoms. The molecule has 1 rings (SSSR count). The largest absolute Gasteiger partial charge is 0.495 e. The number of nitrogens with one attached hydrogen (secondary N) is 1. The quantitative estimate of drug-likeness (QED) is 0.622. The van der Waals surface area contributed by atoms with Crippen molar-refractivity contribution in [2.75, 3.05) is 38.4 Å². The SMILES string of the molecule is COCC(O)CNc1ccc(N)c(OC)c1. The van der Waals surface area contributed by atoms with Gasteiger partial charge in [0.1, 0.15) is 5.75 Å². The number of nitrogen functional groups attached to an aromatic ring is 1. The summed E-state index contributed by atoms with van der Waals surface area (Å²) in [5.41, 5.74) is 7.12. The van der Waals surface area contributed by atoms with Gasteiger partial charge in [-0.05, 0) is 12.1 Å². The van der Waals surface area contributed by atoms with Crippen LogP contribution in [0.25, 0.3) is 0 Å². The second-order valence-corrected chi connectivity index (χ2v) is 3.45. The molecule has 0 aliphatic rings. The third-order valence-electron chi connectivity index (χ3n) is 2.13. The monoisotopic (exact) mass is 226 g/mol. The van der Waals surface area contributed by atoms with Gasteiger partial charge in [0, 0.05) is 25.4 Å². The molecule has 5 heteroatoms. The van der Waals surface area contributed by atoms with E-state index in [-0.39, 0.29) is 0 Å². The number of benzene rings is 1. The van der Waals surface area contributed by atoms with Crippen LogP contribution in [-0.4, -0.2) is 38.6 Å². The van der Waals surface area contributed by atoms with Gasteiger partial charge >= 0.3 is 0 Å². The Balaban J connectivity index is 2.54. The van der Waals surface area contributed by atoms with Crippen molar-refractivity contribution in [3.05, 3.63) is 18.2 Å². The van der Waals surface area contributed by atoms with Crippen LogP contribution < -0.4 is 15.8 Å². The van der Waals surface area contributed by atoms with E-state index in [1.54, 1.807) is 26.4 Å². The Morgan fingerprint density at radius 2 is 2.19 bits per heavy atom. The number of anilines is 2. The van der Waals surface area contributed by atoms with Gasteiger partial charge in [0.2, 0.25) is 0 Å². The van der Waals surface area contributed by atoms with Gasteiger partial charge in [-0.1, -0.05) is 0 Å². The van der Waals surface area contributed by atoms with Gasteiger partial charge in [0.05, 0.1) is 25.5 Å². The van der Waals surface area contributed by atoms with Crippen molar-refractivity contribution < 1.29 is 14.6 Å². The third kappa shape index (κ3) is 3.60. The highest BCUT2D eigenvalue weighted by atomic mass is 16.5. The summed E-state index contributed by atoms with van der Waals surface area (Å²) < 4.78 is 9.91. The zero-order chi connectivity index (χ0) is 12.0. The van der Waals surface area contributed by atoms with Crippen molar-refractivity contribution >= 4 is 11.4 Å². The lowest BCUT2D eigenvalue weighted by Crippen LogP contribution is -2.24. The molecule has 0 aliphatic heterocycles. The summed E-state index contributed by atoms with van der Waals surface area (Å²) in [4.78, 5) is 0. The Morgan fingerprint density at radius 3 is 2.81 bits per heavy atom. The van der Waals surface area contributed by atoms with Gasteiger partial charge < -0.3 is 25.6 Å². The molecule has 0 heterocycles. The van der Waals surface area contributed by atoms with Gasteiger partial charge in [-0.25, -0.2) is 0 Å². The molecule has 0 aromatic heterocycles. The summed E-state index contributed by atoms with van der Waals surface area (Å²) in [6.45, 7) is 0.722. The van der Waals surface area contributed by atoms with Crippen molar-refractivity contribution in [2.45, 2.75) is 6.10 Å². The van der Waals surface area contributed by atoms with E-state index in [9.17, 15) is 5.11 Å². The molecular formula is C11H18N2O3. The normalized spacial score (nSPS) is 12.2.